The van der Waals surface area contributed by atoms with E-state index in [1.165, 1.54) is 0 Å². The zero-order chi connectivity index (χ0) is 10.1. The number of carbonyl (C=O) groups is 2. The van der Waals surface area contributed by atoms with Crippen molar-refractivity contribution in [2.45, 2.75) is 6.54 Å². The lowest BCUT2D eigenvalue weighted by Gasteiger charge is -2.26. The second-order valence-corrected chi connectivity index (χ2v) is 2.97. The predicted molar refractivity (Wildman–Crippen MR) is 47.5 cm³/mol. The summed E-state index contributed by atoms with van der Waals surface area (Å²) in [6.45, 7) is 0.192. The molecule has 0 fully saturated rings. The van der Waals surface area contributed by atoms with Gasteiger partial charge in [-0.25, -0.2) is 9.80 Å². The molecule has 2 rings (SSSR count). The normalized spacial score (nSPS) is 14.6. The summed E-state index contributed by atoms with van der Waals surface area (Å²) in [4.78, 5) is 22.0. The molecule has 1 aromatic rings. The van der Waals surface area contributed by atoms with Gasteiger partial charge in [-0.1, -0.05) is 18.2 Å². The first-order valence-electron chi connectivity index (χ1n) is 4.08. The highest BCUT2D eigenvalue weighted by molar-refractivity contribution is 5.97. The Hall–Kier alpha value is -2.04. The fraction of sp³-hybridized carbons (Fsp3) is 0.111. The van der Waals surface area contributed by atoms with Crippen LogP contribution in [0.25, 0.3) is 0 Å². The van der Waals surface area contributed by atoms with E-state index >= 15 is 0 Å². The van der Waals surface area contributed by atoms with Gasteiger partial charge in [-0.2, -0.15) is 0 Å². The minimum atomic E-state index is -1.16. The Kier molecular flexibility index (Phi) is 1.85. The monoisotopic (exact) mass is 192 g/mol. The molecule has 0 saturated heterocycles. The second-order valence-electron chi connectivity index (χ2n) is 2.97. The molecule has 0 saturated carbocycles. The van der Waals surface area contributed by atoms with Gasteiger partial charge in [0.05, 0.1) is 6.54 Å². The van der Waals surface area contributed by atoms with Gasteiger partial charge in [0.2, 0.25) is 0 Å². The van der Waals surface area contributed by atoms with Gasteiger partial charge in [-0.05, 0) is 11.6 Å². The van der Waals surface area contributed by atoms with Crippen molar-refractivity contribution >= 4 is 12.0 Å². The topological polar surface area (TPSA) is 69.6 Å². The molecule has 2 N–H and O–H groups in total. The van der Waals surface area contributed by atoms with E-state index in [0.717, 1.165) is 10.6 Å². The molecule has 0 spiro atoms. The fourth-order valence-electron chi connectivity index (χ4n) is 1.39. The van der Waals surface area contributed by atoms with Crippen LogP contribution < -0.4 is 5.43 Å². The van der Waals surface area contributed by atoms with Crippen LogP contribution in [0.3, 0.4) is 0 Å². The van der Waals surface area contributed by atoms with Crippen LogP contribution in [0, 0.1) is 0 Å². The van der Waals surface area contributed by atoms with E-state index < -0.39 is 6.09 Å². The minimum Gasteiger partial charge on any atom is -0.464 e. The first-order chi connectivity index (χ1) is 6.68. The maximum Gasteiger partial charge on any atom is 0.426 e. The molecule has 0 atom stereocenters. The summed E-state index contributed by atoms with van der Waals surface area (Å²) < 4.78 is 0. The average molecular weight is 192 g/mol. The summed E-state index contributed by atoms with van der Waals surface area (Å²) in [7, 11) is 0. The molecule has 0 aliphatic carbocycles. The van der Waals surface area contributed by atoms with Crippen LogP contribution in [0.2, 0.25) is 0 Å². The van der Waals surface area contributed by atoms with Gasteiger partial charge >= 0.3 is 6.09 Å². The zero-order valence-electron chi connectivity index (χ0n) is 7.23. The van der Waals surface area contributed by atoms with Gasteiger partial charge in [0.25, 0.3) is 5.91 Å². The number of hydrazine groups is 1. The molecule has 14 heavy (non-hydrogen) atoms. The van der Waals surface area contributed by atoms with Crippen molar-refractivity contribution in [1.29, 1.82) is 0 Å². The number of nitrogens with one attached hydrogen (secondary N) is 1. The lowest BCUT2D eigenvalue weighted by atomic mass is 10.1. The van der Waals surface area contributed by atoms with Crippen LogP contribution >= 0.6 is 0 Å². The number of amides is 2. The number of rotatable bonds is 0. The molecule has 1 aliphatic heterocycles. The Morgan fingerprint density at radius 2 is 2.14 bits per heavy atom. The largest absolute Gasteiger partial charge is 0.464 e. The van der Waals surface area contributed by atoms with Crippen molar-refractivity contribution < 1.29 is 14.7 Å². The Balaban J connectivity index is 2.38. The first-order valence-corrected chi connectivity index (χ1v) is 4.08. The number of fused-ring (bicyclic) bond motifs is 1. The van der Waals surface area contributed by atoms with Crippen molar-refractivity contribution in [3.63, 3.8) is 0 Å². The molecule has 72 valence electrons. The van der Waals surface area contributed by atoms with Gasteiger partial charge in [0, 0.05) is 5.56 Å². The molecular weight excluding hydrogens is 184 g/mol. The third kappa shape index (κ3) is 1.28. The quantitative estimate of drug-likeness (QED) is 0.639. The van der Waals surface area contributed by atoms with Crippen molar-refractivity contribution in [3.8, 4) is 0 Å². The highest BCUT2D eigenvalue weighted by Gasteiger charge is 2.24. The first kappa shape index (κ1) is 8.55. The van der Waals surface area contributed by atoms with E-state index in [4.69, 9.17) is 5.11 Å². The third-order valence-corrected chi connectivity index (χ3v) is 2.06. The van der Waals surface area contributed by atoms with E-state index in [-0.39, 0.29) is 12.5 Å². The van der Waals surface area contributed by atoms with Gasteiger partial charge in [-0.3, -0.25) is 10.2 Å². The fourth-order valence-corrected chi connectivity index (χ4v) is 1.39. The van der Waals surface area contributed by atoms with Crippen molar-refractivity contribution in [3.05, 3.63) is 35.4 Å². The van der Waals surface area contributed by atoms with E-state index in [1.54, 1.807) is 24.3 Å². The molecule has 1 aliphatic rings. The van der Waals surface area contributed by atoms with Gasteiger partial charge < -0.3 is 5.11 Å². The van der Waals surface area contributed by atoms with Crippen molar-refractivity contribution in [2.75, 3.05) is 0 Å². The van der Waals surface area contributed by atoms with Gasteiger partial charge in [-0.15, -0.1) is 0 Å². The zero-order valence-corrected chi connectivity index (χ0v) is 7.23. The number of hydrogen-bond donors (Lipinski definition) is 2. The number of carbonyl (C=O) groups excluding carboxylic acids is 1. The van der Waals surface area contributed by atoms with Crippen LogP contribution in [0.1, 0.15) is 15.9 Å². The maximum absolute atomic E-state index is 11.4. The second kappa shape index (κ2) is 3.02. The highest BCUT2D eigenvalue weighted by atomic mass is 16.4. The minimum absolute atomic E-state index is 0.192. The molecule has 0 unspecified atom stereocenters. The summed E-state index contributed by atoms with van der Waals surface area (Å²) in [6, 6.07) is 6.93. The smallest absolute Gasteiger partial charge is 0.426 e. The number of hydrogen-bond acceptors (Lipinski definition) is 2. The summed E-state index contributed by atoms with van der Waals surface area (Å²) in [5.41, 5.74) is 3.52. The van der Waals surface area contributed by atoms with Gasteiger partial charge in [0.15, 0.2) is 0 Å². The number of nitrogens with zero attached hydrogens (tertiary/aromatic N) is 1. The molecule has 1 aromatic carbocycles. The van der Waals surface area contributed by atoms with E-state index in [0.29, 0.717) is 5.56 Å². The number of carboxylic acid groups (broad SMARTS) is 1. The van der Waals surface area contributed by atoms with Crippen molar-refractivity contribution in [2.24, 2.45) is 0 Å². The van der Waals surface area contributed by atoms with Crippen LogP contribution in [-0.2, 0) is 6.54 Å². The molecule has 5 heteroatoms. The highest BCUT2D eigenvalue weighted by Crippen LogP contribution is 2.15. The standard InChI is InChI=1S/C9H8N2O3/c12-8-7-4-2-1-3-6(7)5-11(10-8)9(13)14/h1-4H,5H2,(H,10,12)(H,13,14). The molecule has 0 radical (unpaired) electrons. The summed E-state index contributed by atoms with van der Waals surface area (Å²) in [5.74, 6) is -0.380. The third-order valence-electron chi connectivity index (χ3n) is 2.06. The SMILES string of the molecule is O=C1NN(C(=O)O)Cc2ccccc21. The maximum atomic E-state index is 11.4. The van der Waals surface area contributed by atoms with Crippen molar-refractivity contribution in [1.82, 2.24) is 10.4 Å². The predicted octanol–water partition coefficient (Wildman–Crippen LogP) is 0.825. The van der Waals surface area contributed by atoms with E-state index in [1.807, 2.05) is 0 Å². The van der Waals surface area contributed by atoms with Crippen LogP contribution in [0.15, 0.2) is 24.3 Å². The van der Waals surface area contributed by atoms with Crippen LogP contribution in [0.4, 0.5) is 4.79 Å². The summed E-state index contributed by atoms with van der Waals surface area (Å²) in [6.07, 6.45) is -1.16. The van der Waals surface area contributed by atoms with E-state index in [9.17, 15) is 9.59 Å². The van der Waals surface area contributed by atoms with Crippen LogP contribution in [-0.4, -0.2) is 22.1 Å². The number of benzene rings is 1. The van der Waals surface area contributed by atoms with E-state index in [2.05, 4.69) is 5.43 Å². The molecule has 2 amide bonds. The Morgan fingerprint density at radius 1 is 1.43 bits per heavy atom. The van der Waals surface area contributed by atoms with Gasteiger partial charge in [0.1, 0.15) is 0 Å². The molecule has 0 bridgehead atoms. The lowest BCUT2D eigenvalue weighted by molar-refractivity contribution is 0.0701. The average Bonchev–Trinajstić information content (AvgIpc) is 2.17. The molecule has 0 aromatic heterocycles. The molecule has 5 nitrogen and oxygen atoms in total. The van der Waals surface area contributed by atoms with Crippen LogP contribution in [0.5, 0.6) is 0 Å². The lowest BCUT2D eigenvalue weighted by Crippen LogP contribution is -2.48. The molecule has 1 heterocycles. The Labute approximate surface area is 79.9 Å². The Bertz CT molecular complexity index is 403. The molecular formula is C9H8N2O3. The summed E-state index contributed by atoms with van der Waals surface area (Å²) >= 11 is 0. The Morgan fingerprint density at radius 3 is 2.86 bits per heavy atom. The summed E-state index contributed by atoms with van der Waals surface area (Å²) in [5, 5.41) is 9.56.